The molecule has 35 heavy (non-hydrogen) atoms. The van der Waals surface area contributed by atoms with Gasteiger partial charge in [0.15, 0.2) is 9.84 Å². The molecular formula is C26H26F2N2O4S. The van der Waals surface area contributed by atoms with Crippen LogP contribution in [0.25, 0.3) is 11.1 Å². The van der Waals surface area contributed by atoms with Crippen molar-refractivity contribution in [3.63, 3.8) is 0 Å². The number of methoxy groups -OCH3 is 1. The minimum absolute atomic E-state index is 0.0119. The number of ether oxygens (including phenoxy) is 1. The molecule has 0 saturated carbocycles. The lowest BCUT2D eigenvalue weighted by atomic mass is 9.98. The summed E-state index contributed by atoms with van der Waals surface area (Å²) in [6, 6.07) is 15.1. The highest BCUT2D eigenvalue weighted by Crippen LogP contribution is 2.29. The first-order valence-corrected chi connectivity index (χ1v) is 13.0. The van der Waals surface area contributed by atoms with Crippen molar-refractivity contribution in [3.05, 3.63) is 83.4 Å². The molecule has 4 rings (SSSR count). The van der Waals surface area contributed by atoms with Crippen molar-refractivity contribution in [2.75, 3.05) is 44.4 Å². The van der Waals surface area contributed by atoms with Crippen LogP contribution in [0.2, 0.25) is 0 Å². The zero-order valence-corrected chi connectivity index (χ0v) is 20.3. The molecule has 0 spiro atoms. The van der Waals surface area contributed by atoms with Crippen LogP contribution in [0, 0.1) is 11.6 Å². The summed E-state index contributed by atoms with van der Waals surface area (Å²) in [5, 5.41) is 0. The summed E-state index contributed by atoms with van der Waals surface area (Å²) < 4.78 is 57.9. The van der Waals surface area contributed by atoms with Crippen LogP contribution in [0.1, 0.15) is 15.9 Å². The minimum atomic E-state index is -3.56. The maximum atomic E-state index is 14.6. The molecule has 0 atom stereocenters. The number of hydrogen-bond donors (Lipinski definition) is 0. The lowest BCUT2D eigenvalue weighted by molar-refractivity contribution is 0.0747. The number of hydrogen-bond acceptors (Lipinski definition) is 5. The lowest BCUT2D eigenvalue weighted by Gasteiger charge is -2.36. The van der Waals surface area contributed by atoms with Crippen molar-refractivity contribution in [2.45, 2.75) is 11.5 Å². The fourth-order valence-electron chi connectivity index (χ4n) is 4.22. The smallest absolute Gasteiger partial charge is 0.254 e. The van der Waals surface area contributed by atoms with E-state index < -0.39 is 15.7 Å². The van der Waals surface area contributed by atoms with Crippen LogP contribution in [0.15, 0.2) is 65.6 Å². The van der Waals surface area contributed by atoms with E-state index in [0.29, 0.717) is 49.6 Å². The second kappa shape index (κ2) is 10.1. The van der Waals surface area contributed by atoms with Crippen LogP contribution in [0.4, 0.5) is 14.5 Å². The first-order valence-electron chi connectivity index (χ1n) is 11.1. The van der Waals surface area contributed by atoms with Crippen molar-refractivity contribution in [1.29, 1.82) is 0 Å². The Morgan fingerprint density at radius 3 is 2.34 bits per heavy atom. The molecule has 184 valence electrons. The summed E-state index contributed by atoms with van der Waals surface area (Å²) in [4.78, 5) is 17.0. The van der Waals surface area contributed by atoms with Gasteiger partial charge in [0.25, 0.3) is 5.91 Å². The Labute approximate surface area is 203 Å². The highest BCUT2D eigenvalue weighted by Gasteiger charge is 2.26. The molecule has 9 heteroatoms. The first-order chi connectivity index (χ1) is 16.7. The minimum Gasteiger partial charge on any atom is -0.380 e. The summed E-state index contributed by atoms with van der Waals surface area (Å²) in [7, 11) is -2.01. The summed E-state index contributed by atoms with van der Waals surface area (Å²) in [5.41, 5.74) is 2.30. The van der Waals surface area contributed by atoms with Gasteiger partial charge in [-0.05, 0) is 53.1 Å². The molecule has 1 heterocycles. The van der Waals surface area contributed by atoms with E-state index in [1.807, 2.05) is 4.90 Å². The average molecular weight is 501 g/mol. The molecule has 0 N–H and O–H groups in total. The Balaban J connectivity index is 1.59. The number of sulfone groups is 1. The number of nitrogens with zero attached hydrogens (tertiary/aromatic N) is 2. The van der Waals surface area contributed by atoms with Crippen molar-refractivity contribution in [1.82, 2.24) is 4.90 Å². The lowest BCUT2D eigenvalue weighted by Crippen LogP contribution is -2.49. The maximum Gasteiger partial charge on any atom is 0.254 e. The van der Waals surface area contributed by atoms with Crippen LogP contribution in [-0.2, 0) is 21.2 Å². The Hall–Kier alpha value is -3.30. The largest absolute Gasteiger partial charge is 0.380 e. The Kier molecular flexibility index (Phi) is 7.18. The van der Waals surface area contributed by atoms with Gasteiger partial charge in [-0.3, -0.25) is 4.79 Å². The van der Waals surface area contributed by atoms with E-state index >= 15 is 0 Å². The molecule has 1 fully saturated rings. The molecule has 0 bridgehead atoms. The number of amides is 1. The predicted octanol–water partition coefficient (Wildman–Crippen LogP) is 4.14. The van der Waals surface area contributed by atoms with Gasteiger partial charge in [-0.15, -0.1) is 0 Å². The molecule has 3 aromatic rings. The van der Waals surface area contributed by atoms with Crippen molar-refractivity contribution >= 4 is 21.4 Å². The van der Waals surface area contributed by atoms with E-state index in [-0.39, 0.29) is 22.2 Å². The van der Waals surface area contributed by atoms with Gasteiger partial charge in [0, 0.05) is 45.1 Å². The normalized spacial score (nSPS) is 14.3. The maximum absolute atomic E-state index is 14.6. The molecule has 1 aliphatic rings. The van der Waals surface area contributed by atoms with Gasteiger partial charge < -0.3 is 14.5 Å². The van der Waals surface area contributed by atoms with E-state index in [1.165, 1.54) is 42.5 Å². The highest BCUT2D eigenvalue weighted by molar-refractivity contribution is 7.90. The number of carbonyl (C=O) groups excluding carboxylic acids is 1. The molecule has 0 unspecified atom stereocenters. The van der Waals surface area contributed by atoms with Crippen LogP contribution < -0.4 is 4.90 Å². The summed E-state index contributed by atoms with van der Waals surface area (Å²) in [6.07, 6.45) is 1.07. The Morgan fingerprint density at radius 1 is 0.971 bits per heavy atom. The first kappa shape index (κ1) is 24.8. The second-order valence-corrected chi connectivity index (χ2v) is 10.5. The zero-order chi connectivity index (χ0) is 25.2. The molecule has 0 aromatic heterocycles. The van der Waals surface area contributed by atoms with E-state index in [1.54, 1.807) is 30.2 Å². The quantitative estimate of drug-likeness (QED) is 0.509. The van der Waals surface area contributed by atoms with Gasteiger partial charge >= 0.3 is 0 Å². The van der Waals surface area contributed by atoms with Gasteiger partial charge in [-0.1, -0.05) is 24.3 Å². The van der Waals surface area contributed by atoms with E-state index in [0.717, 1.165) is 11.8 Å². The van der Waals surface area contributed by atoms with Crippen LogP contribution >= 0.6 is 0 Å². The van der Waals surface area contributed by atoms with Crippen LogP contribution in [-0.4, -0.2) is 58.8 Å². The Morgan fingerprint density at radius 2 is 1.71 bits per heavy atom. The number of carbonyl (C=O) groups is 1. The van der Waals surface area contributed by atoms with Gasteiger partial charge in [0.2, 0.25) is 0 Å². The summed E-state index contributed by atoms with van der Waals surface area (Å²) >= 11 is 0. The van der Waals surface area contributed by atoms with Gasteiger partial charge in [0.05, 0.1) is 17.2 Å². The molecule has 1 saturated heterocycles. The van der Waals surface area contributed by atoms with Gasteiger partial charge in [0.1, 0.15) is 11.6 Å². The predicted molar refractivity (Wildman–Crippen MR) is 130 cm³/mol. The van der Waals surface area contributed by atoms with Crippen LogP contribution in [0.3, 0.4) is 0 Å². The van der Waals surface area contributed by atoms with E-state index in [4.69, 9.17) is 4.74 Å². The number of benzene rings is 3. The SMILES string of the molecule is COCc1ccc(N2CCN(C(=O)c3cc(S(C)(=O)=O)ccc3-c3cccc(F)c3)CC2)c(F)c1. The third-order valence-corrected chi connectivity index (χ3v) is 7.13. The molecule has 0 radical (unpaired) electrons. The topological polar surface area (TPSA) is 66.9 Å². The standard InChI is InChI=1S/C26H26F2N2O4S/c1-34-17-18-6-9-25(24(28)14-18)29-10-12-30(13-11-29)26(31)23-16-21(35(2,32)33)7-8-22(23)19-4-3-5-20(27)15-19/h3-9,14-16H,10-13,17H2,1-2H3. The Bertz CT molecular complexity index is 1350. The summed E-state index contributed by atoms with van der Waals surface area (Å²) in [6.45, 7) is 1.79. The number of halogens is 2. The van der Waals surface area contributed by atoms with Crippen molar-refractivity contribution in [3.8, 4) is 11.1 Å². The fraction of sp³-hybridized carbons (Fsp3) is 0.269. The van der Waals surface area contributed by atoms with Crippen molar-refractivity contribution in [2.24, 2.45) is 0 Å². The average Bonchev–Trinajstić information content (AvgIpc) is 2.83. The molecule has 6 nitrogen and oxygen atoms in total. The third-order valence-electron chi connectivity index (χ3n) is 6.02. The van der Waals surface area contributed by atoms with Crippen LogP contribution in [0.5, 0.6) is 0 Å². The molecule has 1 amide bonds. The van der Waals surface area contributed by atoms with E-state index in [9.17, 15) is 22.0 Å². The third kappa shape index (κ3) is 5.52. The second-order valence-electron chi connectivity index (χ2n) is 8.49. The summed E-state index contributed by atoms with van der Waals surface area (Å²) in [5.74, 6) is -1.17. The van der Waals surface area contributed by atoms with E-state index in [2.05, 4.69) is 0 Å². The molecule has 3 aromatic carbocycles. The van der Waals surface area contributed by atoms with Gasteiger partial charge in [-0.25, -0.2) is 17.2 Å². The zero-order valence-electron chi connectivity index (χ0n) is 19.5. The molecule has 0 aliphatic carbocycles. The number of rotatable bonds is 6. The number of anilines is 1. The molecule has 1 aliphatic heterocycles. The van der Waals surface area contributed by atoms with Gasteiger partial charge in [-0.2, -0.15) is 0 Å². The molecular weight excluding hydrogens is 474 g/mol. The van der Waals surface area contributed by atoms with Crippen molar-refractivity contribution < 1.29 is 26.7 Å². The highest BCUT2D eigenvalue weighted by atomic mass is 32.2. The monoisotopic (exact) mass is 500 g/mol. The fourth-order valence-corrected chi connectivity index (χ4v) is 4.87. The number of piperazine rings is 1.